The summed E-state index contributed by atoms with van der Waals surface area (Å²) in [5.74, 6) is 0.279. The number of nitrogens with one attached hydrogen (secondary N) is 1. The molecule has 1 N–H and O–H groups in total. The van der Waals surface area contributed by atoms with Crippen molar-refractivity contribution in [1.29, 1.82) is 5.26 Å². The van der Waals surface area contributed by atoms with E-state index < -0.39 is 0 Å². The van der Waals surface area contributed by atoms with Crippen LogP contribution in [0.15, 0.2) is 30.1 Å². The van der Waals surface area contributed by atoms with Crippen LogP contribution in [-0.2, 0) is 4.79 Å². The number of rotatable bonds is 4. The molecular weight excluding hydrogens is 300 g/mol. The Morgan fingerprint density at radius 1 is 1.45 bits per heavy atom. The molecule has 1 heterocycles. The van der Waals surface area contributed by atoms with Gasteiger partial charge < -0.3 is 10.2 Å². The minimum Gasteiger partial charge on any atom is -0.345 e. The van der Waals surface area contributed by atoms with Gasteiger partial charge >= 0.3 is 0 Å². The Morgan fingerprint density at radius 3 is 2.77 bits per heavy atom. The Hall–Kier alpha value is -2.06. The number of pyridine rings is 1. The molecule has 1 aliphatic carbocycles. The van der Waals surface area contributed by atoms with Crippen molar-refractivity contribution in [1.82, 2.24) is 9.88 Å². The maximum atomic E-state index is 12.4. The van der Waals surface area contributed by atoms with Gasteiger partial charge in [-0.2, -0.15) is 5.26 Å². The Bertz CT molecular complexity index is 585. The third kappa shape index (κ3) is 4.22. The number of aromatic nitrogens is 1. The van der Waals surface area contributed by atoms with Crippen molar-refractivity contribution >= 4 is 23.3 Å². The number of hydrogen-bond donors (Lipinski definition) is 1. The second-order valence-corrected chi connectivity index (χ2v) is 5.82. The second-order valence-electron chi connectivity index (χ2n) is 5.38. The van der Waals surface area contributed by atoms with Crippen LogP contribution in [0.25, 0.3) is 0 Å². The molecule has 5 nitrogen and oxygen atoms in total. The highest BCUT2D eigenvalue weighted by Crippen LogP contribution is 2.22. The minimum atomic E-state index is -0.254. The SMILES string of the molecule is CN(C(=O)/C(C#N)=C\Nc1ccc(Cl)cn1)C1CCCCC1. The van der Waals surface area contributed by atoms with E-state index in [2.05, 4.69) is 10.3 Å². The van der Waals surface area contributed by atoms with Crippen LogP contribution in [0.2, 0.25) is 5.02 Å². The zero-order valence-electron chi connectivity index (χ0n) is 12.6. The van der Waals surface area contributed by atoms with Gasteiger partial charge in [0.25, 0.3) is 5.91 Å². The molecule has 0 spiro atoms. The van der Waals surface area contributed by atoms with Crippen LogP contribution in [0.1, 0.15) is 32.1 Å². The second kappa shape index (κ2) is 7.81. The summed E-state index contributed by atoms with van der Waals surface area (Å²) < 4.78 is 0. The van der Waals surface area contributed by atoms with Crippen LogP contribution >= 0.6 is 11.6 Å². The Labute approximate surface area is 135 Å². The van der Waals surface area contributed by atoms with Crippen molar-refractivity contribution in [2.45, 2.75) is 38.1 Å². The molecule has 0 aromatic carbocycles. The summed E-state index contributed by atoms with van der Waals surface area (Å²) in [6.07, 6.45) is 8.42. The van der Waals surface area contributed by atoms with Gasteiger partial charge in [0.05, 0.1) is 5.02 Å². The summed E-state index contributed by atoms with van der Waals surface area (Å²) in [4.78, 5) is 18.1. The molecule has 0 saturated heterocycles. The lowest BCUT2D eigenvalue weighted by Gasteiger charge is -2.31. The number of nitrogens with zero attached hydrogens (tertiary/aromatic N) is 3. The molecule has 22 heavy (non-hydrogen) atoms. The summed E-state index contributed by atoms with van der Waals surface area (Å²) in [5, 5.41) is 12.6. The Balaban J connectivity index is 2.03. The molecule has 0 unspecified atom stereocenters. The van der Waals surface area contributed by atoms with E-state index in [-0.39, 0.29) is 17.5 Å². The van der Waals surface area contributed by atoms with E-state index in [1.54, 1.807) is 24.1 Å². The van der Waals surface area contributed by atoms with E-state index in [9.17, 15) is 10.1 Å². The molecule has 0 atom stereocenters. The topological polar surface area (TPSA) is 69.0 Å². The van der Waals surface area contributed by atoms with Crippen LogP contribution in [0, 0.1) is 11.3 Å². The van der Waals surface area contributed by atoms with Crippen LogP contribution in [-0.4, -0.2) is 28.9 Å². The monoisotopic (exact) mass is 318 g/mol. The number of carbonyl (C=O) groups excluding carboxylic acids is 1. The van der Waals surface area contributed by atoms with E-state index in [1.807, 2.05) is 6.07 Å². The standard InChI is InChI=1S/C16H19ClN4O/c1-21(14-5-3-2-4-6-14)16(22)12(9-18)10-19-15-8-7-13(17)11-20-15/h7-8,10-11,14H,2-6H2,1H3,(H,19,20)/b12-10-. The number of halogens is 1. The molecule has 0 aliphatic heterocycles. The normalized spacial score (nSPS) is 16.0. The number of carbonyl (C=O) groups is 1. The highest BCUT2D eigenvalue weighted by molar-refractivity contribution is 6.30. The number of hydrogen-bond acceptors (Lipinski definition) is 4. The van der Waals surface area contributed by atoms with Crippen LogP contribution in [0.5, 0.6) is 0 Å². The molecule has 1 amide bonds. The van der Waals surface area contributed by atoms with Crippen LogP contribution in [0.3, 0.4) is 0 Å². The maximum absolute atomic E-state index is 12.4. The summed E-state index contributed by atoms with van der Waals surface area (Å²) in [6.45, 7) is 0. The Morgan fingerprint density at radius 2 is 2.18 bits per heavy atom. The smallest absolute Gasteiger partial charge is 0.266 e. The lowest BCUT2D eigenvalue weighted by molar-refractivity contribution is -0.128. The number of nitriles is 1. The molecule has 6 heteroatoms. The Kier molecular flexibility index (Phi) is 5.79. The molecule has 1 aliphatic rings. The predicted octanol–water partition coefficient (Wildman–Crippen LogP) is 3.35. The molecule has 0 radical (unpaired) electrons. The maximum Gasteiger partial charge on any atom is 0.266 e. The summed E-state index contributed by atoms with van der Waals surface area (Å²) in [6, 6.07) is 5.56. The first-order chi connectivity index (χ1) is 10.6. The quantitative estimate of drug-likeness (QED) is 0.683. The summed E-state index contributed by atoms with van der Waals surface area (Å²) in [7, 11) is 1.77. The average Bonchev–Trinajstić information content (AvgIpc) is 2.57. The third-order valence-electron chi connectivity index (χ3n) is 3.89. The summed E-state index contributed by atoms with van der Waals surface area (Å²) >= 11 is 5.76. The van der Waals surface area contributed by atoms with Gasteiger partial charge in [0.15, 0.2) is 0 Å². The first-order valence-corrected chi connectivity index (χ1v) is 7.75. The van der Waals surface area contributed by atoms with Crippen molar-refractivity contribution in [2.75, 3.05) is 12.4 Å². The van der Waals surface area contributed by atoms with Gasteiger partial charge in [-0.05, 0) is 25.0 Å². The molecule has 1 aromatic heterocycles. The van der Waals surface area contributed by atoms with Crippen molar-refractivity contribution in [2.24, 2.45) is 0 Å². The van der Waals surface area contributed by atoms with Crippen molar-refractivity contribution in [3.63, 3.8) is 0 Å². The predicted molar refractivity (Wildman–Crippen MR) is 86.2 cm³/mol. The van der Waals surface area contributed by atoms with Gasteiger partial charge in [0.2, 0.25) is 0 Å². The number of likely N-dealkylation sites (N-methyl/N-ethyl adjacent to an activating group) is 1. The van der Waals surface area contributed by atoms with E-state index in [0.29, 0.717) is 10.8 Å². The largest absolute Gasteiger partial charge is 0.345 e. The fraction of sp³-hybridized carbons (Fsp3) is 0.438. The molecule has 116 valence electrons. The lowest BCUT2D eigenvalue weighted by Crippen LogP contribution is -2.39. The highest BCUT2D eigenvalue weighted by atomic mass is 35.5. The van der Waals surface area contributed by atoms with Gasteiger partial charge in [0.1, 0.15) is 17.5 Å². The number of anilines is 1. The molecule has 2 rings (SSSR count). The molecule has 1 saturated carbocycles. The van der Waals surface area contributed by atoms with Crippen molar-refractivity contribution in [3.05, 3.63) is 35.1 Å². The van der Waals surface area contributed by atoms with E-state index >= 15 is 0 Å². The molecule has 1 aromatic rings. The summed E-state index contributed by atoms with van der Waals surface area (Å²) in [5.41, 5.74) is 0.0739. The van der Waals surface area contributed by atoms with Gasteiger partial charge in [-0.3, -0.25) is 4.79 Å². The van der Waals surface area contributed by atoms with Crippen molar-refractivity contribution in [3.8, 4) is 6.07 Å². The van der Waals surface area contributed by atoms with E-state index in [0.717, 1.165) is 25.7 Å². The van der Waals surface area contributed by atoms with E-state index in [1.165, 1.54) is 18.8 Å². The number of amides is 1. The first kappa shape index (κ1) is 16.3. The van der Waals surface area contributed by atoms with Crippen molar-refractivity contribution < 1.29 is 4.79 Å². The molecular formula is C16H19ClN4O. The van der Waals surface area contributed by atoms with Gasteiger partial charge in [-0.1, -0.05) is 30.9 Å². The van der Waals surface area contributed by atoms with Crippen LogP contribution in [0.4, 0.5) is 5.82 Å². The molecule has 0 bridgehead atoms. The highest BCUT2D eigenvalue weighted by Gasteiger charge is 2.24. The molecule has 1 fully saturated rings. The van der Waals surface area contributed by atoms with E-state index in [4.69, 9.17) is 11.6 Å². The zero-order chi connectivity index (χ0) is 15.9. The van der Waals surface area contributed by atoms with Gasteiger partial charge in [-0.25, -0.2) is 4.98 Å². The minimum absolute atomic E-state index is 0.0739. The fourth-order valence-electron chi connectivity index (χ4n) is 2.57. The lowest BCUT2D eigenvalue weighted by atomic mass is 9.94. The zero-order valence-corrected chi connectivity index (χ0v) is 13.3. The fourth-order valence-corrected chi connectivity index (χ4v) is 2.69. The van der Waals surface area contributed by atoms with Gasteiger partial charge in [0, 0.05) is 25.5 Å². The first-order valence-electron chi connectivity index (χ1n) is 7.37. The average molecular weight is 319 g/mol. The van der Waals surface area contributed by atoms with Gasteiger partial charge in [-0.15, -0.1) is 0 Å². The van der Waals surface area contributed by atoms with Crippen LogP contribution < -0.4 is 5.32 Å². The third-order valence-corrected chi connectivity index (χ3v) is 4.11.